The van der Waals surface area contributed by atoms with Crippen LogP contribution in [0.1, 0.15) is 5.56 Å². The Kier molecular flexibility index (Phi) is 5.26. The van der Waals surface area contributed by atoms with E-state index in [2.05, 4.69) is 6.07 Å². The number of carbonyl (C=O) groups is 1. The molecule has 0 bridgehead atoms. The lowest BCUT2D eigenvalue weighted by Gasteiger charge is -2.18. The summed E-state index contributed by atoms with van der Waals surface area (Å²) in [4.78, 5) is 32.8. The van der Waals surface area contributed by atoms with Crippen LogP contribution in [0.3, 0.4) is 0 Å². The van der Waals surface area contributed by atoms with E-state index in [0.29, 0.717) is 33.3 Å². The van der Waals surface area contributed by atoms with Gasteiger partial charge in [0.05, 0.1) is 27.4 Å². The molecule has 5 rings (SSSR count). The fraction of sp³-hybridized carbons (Fsp3) is 0.125. The van der Waals surface area contributed by atoms with Crippen molar-refractivity contribution in [3.63, 3.8) is 0 Å². The molecule has 0 unspecified atom stereocenters. The van der Waals surface area contributed by atoms with Gasteiger partial charge in [-0.25, -0.2) is 4.98 Å². The van der Waals surface area contributed by atoms with E-state index in [1.54, 1.807) is 29.2 Å². The van der Waals surface area contributed by atoms with Crippen molar-refractivity contribution in [2.24, 2.45) is 0 Å². The summed E-state index contributed by atoms with van der Waals surface area (Å²) in [7, 11) is 0. The second-order valence-electron chi connectivity index (χ2n) is 7.22. The smallest absolute Gasteiger partial charge is 0.266 e. The lowest BCUT2D eigenvalue weighted by molar-refractivity contribution is -0.116. The van der Waals surface area contributed by atoms with E-state index in [0.717, 1.165) is 12.1 Å². The van der Waals surface area contributed by atoms with Crippen molar-refractivity contribution < 1.29 is 4.79 Å². The Bertz CT molecular complexity index is 1370. The molecule has 3 aromatic carbocycles. The van der Waals surface area contributed by atoms with Crippen LogP contribution in [0.5, 0.6) is 0 Å². The van der Waals surface area contributed by atoms with Crippen molar-refractivity contribution in [1.82, 2.24) is 9.55 Å². The molecule has 0 radical (unpaired) electrons. The highest BCUT2D eigenvalue weighted by molar-refractivity contribution is 7.99. The van der Waals surface area contributed by atoms with Gasteiger partial charge in [-0.05, 0) is 42.3 Å². The van der Waals surface area contributed by atoms with Gasteiger partial charge in [0.15, 0.2) is 5.16 Å². The van der Waals surface area contributed by atoms with Crippen molar-refractivity contribution in [2.75, 3.05) is 17.2 Å². The Morgan fingerprint density at radius 1 is 0.968 bits per heavy atom. The summed E-state index contributed by atoms with van der Waals surface area (Å²) in [6, 6.07) is 22.3. The molecule has 1 aliphatic rings. The molecule has 1 amide bonds. The van der Waals surface area contributed by atoms with Gasteiger partial charge in [-0.3, -0.25) is 14.2 Å². The monoisotopic (exact) mass is 447 g/mol. The summed E-state index contributed by atoms with van der Waals surface area (Å²) in [6.45, 7) is 0.668. The maximum absolute atomic E-state index is 13.3. The first-order chi connectivity index (χ1) is 15.1. The van der Waals surface area contributed by atoms with Crippen molar-refractivity contribution in [1.29, 1.82) is 0 Å². The van der Waals surface area contributed by atoms with Crippen LogP contribution in [0.25, 0.3) is 16.6 Å². The van der Waals surface area contributed by atoms with Gasteiger partial charge in [-0.1, -0.05) is 65.8 Å². The van der Waals surface area contributed by atoms with Crippen LogP contribution in [0.4, 0.5) is 5.69 Å². The van der Waals surface area contributed by atoms with E-state index in [1.807, 2.05) is 42.5 Å². The summed E-state index contributed by atoms with van der Waals surface area (Å²) < 4.78 is 1.50. The molecular weight excluding hydrogens is 430 g/mol. The van der Waals surface area contributed by atoms with Gasteiger partial charge in [-0.2, -0.15) is 0 Å². The summed E-state index contributed by atoms with van der Waals surface area (Å²) in [5.41, 5.74) is 3.08. The third kappa shape index (κ3) is 3.62. The zero-order valence-electron chi connectivity index (χ0n) is 16.5. The Balaban J connectivity index is 1.52. The number of carbonyl (C=O) groups excluding carboxylic acids is 1. The highest BCUT2D eigenvalue weighted by atomic mass is 35.5. The van der Waals surface area contributed by atoms with Gasteiger partial charge >= 0.3 is 0 Å². The molecular formula is C24H18ClN3O2S. The summed E-state index contributed by atoms with van der Waals surface area (Å²) >= 11 is 7.66. The fourth-order valence-corrected chi connectivity index (χ4v) is 4.96. The molecule has 0 N–H and O–H groups in total. The molecule has 4 aromatic rings. The minimum atomic E-state index is -0.208. The number of thioether (sulfide) groups is 1. The van der Waals surface area contributed by atoms with Gasteiger partial charge in [0.1, 0.15) is 0 Å². The number of nitrogens with zero attached hydrogens (tertiary/aromatic N) is 3. The molecule has 0 aliphatic carbocycles. The molecule has 154 valence electrons. The SMILES string of the molecule is O=C(CSc1nc2ccccc2c(=O)n1-c1ccccc1Cl)N1CCc2ccccc21. The Morgan fingerprint density at radius 3 is 2.52 bits per heavy atom. The molecule has 31 heavy (non-hydrogen) atoms. The summed E-state index contributed by atoms with van der Waals surface area (Å²) in [6.07, 6.45) is 0.852. The third-order valence-corrected chi connectivity index (χ3v) is 6.59. The zero-order valence-corrected chi connectivity index (χ0v) is 18.1. The van der Waals surface area contributed by atoms with Crippen LogP contribution >= 0.6 is 23.4 Å². The summed E-state index contributed by atoms with van der Waals surface area (Å²) in [5, 5.41) is 1.40. The largest absolute Gasteiger partial charge is 0.311 e. The van der Waals surface area contributed by atoms with Gasteiger partial charge in [0.25, 0.3) is 5.56 Å². The molecule has 1 aliphatic heterocycles. The predicted molar refractivity (Wildman–Crippen MR) is 126 cm³/mol. The highest BCUT2D eigenvalue weighted by Crippen LogP contribution is 2.30. The lowest BCUT2D eigenvalue weighted by atomic mass is 10.2. The average molecular weight is 448 g/mol. The first-order valence-electron chi connectivity index (χ1n) is 9.91. The quantitative estimate of drug-likeness (QED) is 0.335. The van der Waals surface area contributed by atoms with Crippen LogP contribution in [0.2, 0.25) is 5.02 Å². The molecule has 1 aromatic heterocycles. The zero-order chi connectivity index (χ0) is 21.4. The van der Waals surface area contributed by atoms with E-state index < -0.39 is 0 Å². The first kappa shape index (κ1) is 19.8. The molecule has 0 fully saturated rings. The van der Waals surface area contributed by atoms with Crippen LogP contribution in [0.15, 0.2) is 82.7 Å². The topological polar surface area (TPSA) is 55.2 Å². The predicted octanol–water partition coefficient (Wildman–Crippen LogP) is 4.72. The van der Waals surface area contributed by atoms with E-state index >= 15 is 0 Å². The normalized spacial score (nSPS) is 12.9. The van der Waals surface area contributed by atoms with E-state index in [4.69, 9.17) is 16.6 Å². The standard InChI is InChI=1S/C24H18ClN3O2S/c25-18-9-3-6-12-21(18)28-23(30)17-8-2-4-10-19(17)26-24(28)31-15-22(29)27-14-13-16-7-1-5-11-20(16)27/h1-12H,13-15H2. The number of benzene rings is 3. The van der Waals surface area contributed by atoms with Crippen LogP contribution in [0, 0.1) is 0 Å². The highest BCUT2D eigenvalue weighted by Gasteiger charge is 2.25. The Labute approximate surface area is 188 Å². The molecule has 2 heterocycles. The second kappa shape index (κ2) is 8.21. The van der Waals surface area contributed by atoms with Crippen molar-refractivity contribution in [3.05, 3.63) is 93.7 Å². The molecule has 0 atom stereocenters. The Morgan fingerprint density at radius 2 is 1.68 bits per heavy atom. The van der Waals surface area contributed by atoms with Crippen molar-refractivity contribution in [2.45, 2.75) is 11.6 Å². The number of hydrogen-bond acceptors (Lipinski definition) is 4. The maximum Gasteiger partial charge on any atom is 0.266 e. The number of para-hydroxylation sites is 3. The number of aromatic nitrogens is 2. The number of halogens is 1. The van der Waals surface area contributed by atoms with Crippen molar-refractivity contribution in [3.8, 4) is 5.69 Å². The van der Waals surface area contributed by atoms with Gasteiger partial charge in [0.2, 0.25) is 5.91 Å². The van der Waals surface area contributed by atoms with Gasteiger partial charge in [0, 0.05) is 12.2 Å². The minimum absolute atomic E-state index is 0.0110. The maximum atomic E-state index is 13.3. The Hall–Kier alpha value is -3.09. The van der Waals surface area contributed by atoms with Crippen LogP contribution in [-0.2, 0) is 11.2 Å². The molecule has 0 saturated carbocycles. The molecule has 0 spiro atoms. The second-order valence-corrected chi connectivity index (χ2v) is 8.57. The number of anilines is 1. The minimum Gasteiger partial charge on any atom is -0.311 e. The number of hydrogen-bond donors (Lipinski definition) is 0. The fourth-order valence-electron chi connectivity index (χ4n) is 3.86. The van der Waals surface area contributed by atoms with Crippen LogP contribution in [-0.4, -0.2) is 27.8 Å². The first-order valence-corrected chi connectivity index (χ1v) is 11.3. The van der Waals surface area contributed by atoms with E-state index in [9.17, 15) is 9.59 Å². The number of amides is 1. The lowest BCUT2D eigenvalue weighted by Crippen LogP contribution is -2.31. The number of rotatable bonds is 4. The van der Waals surface area contributed by atoms with Crippen molar-refractivity contribution >= 4 is 45.9 Å². The molecule has 5 nitrogen and oxygen atoms in total. The van der Waals surface area contributed by atoms with Gasteiger partial charge in [-0.15, -0.1) is 0 Å². The third-order valence-electron chi connectivity index (χ3n) is 5.35. The molecule has 7 heteroatoms. The van der Waals surface area contributed by atoms with Gasteiger partial charge < -0.3 is 4.90 Å². The number of fused-ring (bicyclic) bond motifs is 2. The molecule has 0 saturated heterocycles. The average Bonchev–Trinajstić information content (AvgIpc) is 3.23. The van der Waals surface area contributed by atoms with Crippen LogP contribution < -0.4 is 10.5 Å². The van der Waals surface area contributed by atoms with E-state index in [1.165, 1.54) is 21.9 Å². The van der Waals surface area contributed by atoms with E-state index in [-0.39, 0.29) is 17.2 Å². The summed E-state index contributed by atoms with van der Waals surface area (Å²) in [5.74, 6) is 0.159.